The highest BCUT2D eigenvalue weighted by Gasteiger charge is 2.29. The van der Waals surface area contributed by atoms with E-state index in [1.54, 1.807) is 0 Å². The smallest absolute Gasteiger partial charge is 0.291 e. The zero-order valence-electron chi connectivity index (χ0n) is 9.25. The van der Waals surface area contributed by atoms with E-state index in [1.807, 2.05) is 0 Å². The summed E-state index contributed by atoms with van der Waals surface area (Å²) in [6.45, 7) is 1.45. The predicted octanol–water partition coefficient (Wildman–Crippen LogP) is 1.23. The van der Waals surface area contributed by atoms with Crippen LogP contribution in [0.1, 0.15) is 32.1 Å². The third-order valence-corrected chi connectivity index (χ3v) is 3.28. The van der Waals surface area contributed by atoms with Crippen LogP contribution >= 0.6 is 0 Å². The molecule has 6 heteroatoms. The van der Waals surface area contributed by atoms with E-state index in [9.17, 15) is 5.11 Å². The van der Waals surface area contributed by atoms with Gasteiger partial charge in [-0.1, -0.05) is 25.7 Å². The molecule has 0 aromatic carbocycles. The molecule has 1 saturated carbocycles. The second-order valence-electron chi connectivity index (χ2n) is 4.47. The number of aliphatic hydroxyl groups excluding tert-OH is 1. The highest BCUT2D eigenvalue weighted by Crippen LogP contribution is 2.35. The van der Waals surface area contributed by atoms with Gasteiger partial charge >= 0.3 is 0 Å². The van der Waals surface area contributed by atoms with Gasteiger partial charge < -0.3 is 15.1 Å². The summed E-state index contributed by atoms with van der Waals surface area (Å²) in [5, 5.41) is 23.1. The molecule has 2 atom stereocenters. The van der Waals surface area contributed by atoms with Gasteiger partial charge in [-0.3, -0.25) is 0 Å². The van der Waals surface area contributed by atoms with E-state index in [0.29, 0.717) is 12.5 Å². The fraction of sp³-hybridized carbons (Fsp3) is 1.00. The van der Waals surface area contributed by atoms with Gasteiger partial charge in [0.2, 0.25) is 0 Å². The topological polar surface area (TPSA) is 92.8 Å². The monoisotopic (exact) mass is 233 g/mol. The lowest BCUT2D eigenvalue weighted by atomic mass is 9.86. The fourth-order valence-corrected chi connectivity index (χ4v) is 2.60. The molecule has 16 heavy (non-hydrogen) atoms. The summed E-state index contributed by atoms with van der Waals surface area (Å²) < 4.78 is 5.36. The maximum absolute atomic E-state index is 9.41. The highest BCUT2D eigenvalue weighted by atomic mass is 16.9. The lowest BCUT2D eigenvalue weighted by molar-refractivity contribution is -0.742. The van der Waals surface area contributed by atoms with Crippen molar-refractivity contribution in [2.24, 2.45) is 11.8 Å². The zero-order valence-corrected chi connectivity index (χ0v) is 9.25. The molecular formula is C10H19NO5. The van der Waals surface area contributed by atoms with Gasteiger partial charge in [-0.25, -0.2) is 0 Å². The Balaban J connectivity index is 0.000000280. The van der Waals surface area contributed by atoms with Crippen LogP contribution in [0, 0.1) is 22.0 Å². The number of ether oxygens (including phenoxy) is 1. The summed E-state index contributed by atoms with van der Waals surface area (Å²) in [5.74, 6) is 1.50. The van der Waals surface area contributed by atoms with Crippen LogP contribution in [-0.4, -0.2) is 34.7 Å². The first-order valence-corrected chi connectivity index (χ1v) is 5.68. The van der Waals surface area contributed by atoms with Crippen LogP contribution in [0.2, 0.25) is 0 Å². The Hall–Kier alpha value is -0.880. The first-order valence-electron chi connectivity index (χ1n) is 5.68. The van der Waals surface area contributed by atoms with Crippen LogP contribution in [0.25, 0.3) is 0 Å². The summed E-state index contributed by atoms with van der Waals surface area (Å²) in [6.07, 6.45) is 6.28. The van der Waals surface area contributed by atoms with Crippen molar-refractivity contribution < 1.29 is 20.1 Å². The molecule has 6 nitrogen and oxygen atoms in total. The number of nitrogens with zero attached hydrogens (tertiary/aromatic N) is 1. The van der Waals surface area contributed by atoms with Crippen LogP contribution in [0.5, 0.6) is 0 Å². The first-order chi connectivity index (χ1) is 7.59. The quantitative estimate of drug-likeness (QED) is 0.524. The minimum atomic E-state index is -1.50. The van der Waals surface area contributed by atoms with E-state index in [2.05, 4.69) is 0 Å². The molecule has 0 spiro atoms. The second-order valence-corrected chi connectivity index (χ2v) is 4.47. The molecule has 0 aromatic rings. The third kappa shape index (κ3) is 4.76. The summed E-state index contributed by atoms with van der Waals surface area (Å²) >= 11 is 0. The van der Waals surface area contributed by atoms with Crippen molar-refractivity contribution in [3.63, 3.8) is 0 Å². The molecule has 0 amide bonds. The normalized spacial score (nSPS) is 30.6. The first kappa shape index (κ1) is 13.2. The molecule has 2 N–H and O–H groups in total. The molecule has 0 bridgehead atoms. The minimum Gasteiger partial charge on any atom is -0.391 e. The summed E-state index contributed by atoms with van der Waals surface area (Å²) in [5.41, 5.74) is 0. The molecule has 2 unspecified atom stereocenters. The Bertz CT molecular complexity index is 213. The molecule has 94 valence electrons. The van der Waals surface area contributed by atoms with Gasteiger partial charge in [0.05, 0.1) is 12.7 Å². The van der Waals surface area contributed by atoms with Crippen molar-refractivity contribution in [1.82, 2.24) is 0 Å². The van der Waals surface area contributed by atoms with Crippen molar-refractivity contribution in [2.45, 2.75) is 38.2 Å². The average Bonchev–Trinajstić information content (AvgIpc) is 2.69. The number of aliphatic hydroxyl groups is 1. The number of rotatable bonds is 1. The Morgan fingerprint density at radius 1 is 1.19 bits per heavy atom. The van der Waals surface area contributed by atoms with E-state index in [1.165, 1.54) is 25.7 Å². The van der Waals surface area contributed by atoms with Gasteiger partial charge in [0.1, 0.15) is 0 Å². The maximum Gasteiger partial charge on any atom is 0.291 e. The number of hydrogen-bond donors (Lipinski definition) is 2. The SMILES string of the molecule is O=[N+]([O-])O.OC1COCC(C2CCCC2)C1. The Labute approximate surface area is 94.3 Å². The maximum atomic E-state index is 9.41. The molecule has 2 aliphatic rings. The van der Waals surface area contributed by atoms with Crippen LogP contribution in [0.15, 0.2) is 0 Å². The zero-order chi connectivity index (χ0) is 12.0. The molecule has 0 aromatic heterocycles. The molecular weight excluding hydrogens is 214 g/mol. The van der Waals surface area contributed by atoms with E-state index in [-0.39, 0.29) is 6.10 Å². The molecule has 1 saturated heterocycles. The lowest BCUT2D eigenvalue weighted by Crippen LogP contribution is -2.32. The molecule has 0 radical (unpaired) electrons. The van der Waals surface area contributed by atoms with Gasteiger partial charge in [-0.15, -0.1) is 10.1 Å². The molecule has 1 aliphatic heterocycles. The standard InChI is InChI=1S/C10H18O2.HNO3/c11-10-5-9(6-12-7-10)8-3-1-2-4-8;2-1(3)4/h8-11H,1-7H2;(H,2,3,4). The van der Waals surface area contributed by atoms with E-state index >= 15 is 0 Å². The van der Waals surface area contributed by atoms with Gasteiger partial charge in [-0.05, 0) is 18.3 Å². The fourth-order valence-electron chi connectivity index (χ4n) is 2.60. The second kappa shape index (κ2) is 6.65. The Morgan fingerprint density at radius 2 is 1.75 bits per heavy atom. The van der Waals surface area contributed by atoms with Crippen LogP contribution in [-0.2, 0) is 4.74 Å². The van der Waals surface area contributed by atoms with Gasteiger partial charge in [0.15, 0.2) is 0 Å². The molecule has 1 aliphatic carbocycles. The van der Waals surface area contributed by atoms with Gasteiger partial charge in [0, 0.05) is 6.61 Å². The van der Waals surface area contributed by atoms with Crippen molar-refractivity contribution in [1.29, 1.82) is 0 Å². The summed E-state index contributed by atoms with van der Waals surface area (Å²) in [7, 11) is 0. The summed E-state index contributed by atoms with van der Waals surface area (Å²) in [6, 6.07) is 0. The van der Waals surface area contributed by atoms with E-state index < -0.39 is 5.09 Å². The third-order valence-electron chi connectivity index (χ3n) is 3.28. The predicted molar refractivity (Wildman–Crippen MR) is 55.7 cm³/mol. The van der Waals surface area contributed by atoms with Crippen molar-refractivity contribution in [3.8, 4) is 0 Å². The Kier molecular flexibility index (Phi) is 5.48. The van der Waals surface area contributed by atoms with Gasteiger partial charge in [-0.2, -0.15) is 0 Å². The van der Waals surface area contributed by atoms with Crippen molar-refractivity contribution >= 4 is 0 Å². The van der Waals surface area contributed by atoms with Crippen molar-refractivity contribution in [3.05, 3.63) is 10.1 Å². The van der Waals surface area contributed by atoms with E-state index in [0.717, 1.165) is 18.9 Å². The minimum absolute atomic E-state index is 0.190. The van der Waals surface area contributed by atoms with Crippen LogP contribution in [0.4, 0.5) is 0 Å². The molecule has 2 rings (SSSR count). The average molecular weight is 233 g/mol. The van der Waals surface area contributed by atoms with Gasteiger partial charge in [0.25, 0.3) is 5.09 Å². The van der Waals surface area contributed by atoms with E-state index in [4.69, 9.17) is 20.1 Å². The molecule has 2 fully saturated rings. The van der Waals surface area contributed by atoms with Crippen molar-refractivity contribution in [2.75, 3.05) is 13.2 Å². The number of hydrogen-bond acceptors (Lipinski definition) is 4. The highest BCUT2D eigenvalue weighted by molar-refractivity contribution is 4.79. The largest absolute Gasteiger partial charge is 0.391 e. The molecule has 1 heterocycles. The Morgan fingerprint density at radius 3 is 2.25 bits per heavy atom. The van der Waals surface area contributed by atoms with Crippen LogP contribution in [0.3, 0.4) is 0 Å². The lowest BCUT2D eigenvalue weighted by Gasteiger charge is -2.30. The van der Waals surface area contributed by atoms with Crippen LogP contribution < -0.4 is 0 Å². The summed E-state index contributed by atoms with van der Waals surface area (Å²) in [4.78, 5) is 8.36.